The van der Waals surface area contributed by atoms with Crippen LogP contribution in [0.15, 0.2) is 77.6 Å². The van der Waals surface area contributed by atoms with E-state index in [1.54, 1.807) is 0 Å². The van der Waals surface area contributed by atoms with Crippen molar-refractivity contribution in [2.24, 2.45) is 5.92 Å². The first-order valence-electron chi connectivity index (χ1n) is 5.93. The molecule has 0 fully saturated rings. The van der Waals surface area contributed by atoms with E-state index in [0.29, 0.717) is 5.92 Å². The topological polar surface area (TPSA) is 12.0 Å². The van der Waals surface area contributed by atoms with Crippen LogP contribution in [0.4, 0.5) is 5.69 Å². The summed E-state index contributed by atoms with van der Waals surface area (Å²) in [6, 6.07) is 10.3. The molecule has 0 heterocycles. The Morgan fingerprint density at radius 1 is 1.06 bits per heavy atom. The Bertz CT molecular complexity index is 544. The Kier molecular flexibility index (Phi) is 2.45. The number of fused-ring (bicyclic) bond motifs is 1. The van der Waals surface area contributed by atoms with Crippen molar-refractivity contribution in [3.63, 3.8) is 0 Å². The maximum absolute atomic E-state index is 3.51. The Hall–Kier alpha value is -2.02. The lowest BCUT2D eigenvalue weighted by atomic mass is 9.91. The molecule has 0 saturated heterocycles. The average molecular weight is 221 g/mol. The molecule has 0 spiro atoms. The SMILES string of the molecule is CC1=CC2=CC=CC2C(Nc2ccccc2)=C1. The van der Waals surface area contributed by atoms with E-state index in [0.717, 1.165) is 5.69 Å². The van der Waals surface area contributed by atoms with Crippen molar-refractivity contribution in [3.8, 4) is 0 Å². The van der Waals surface area contributed by atoms with E-state index in [1.165, 1.54) is 16.8 Å². The first-order chi connectivity index (χ1) is 8.33. The van der Waals surface area contributed by atoms with E-state index in [4.69, 9.17) is 0 Å². The summed E-state index contributed by atoms with van der Waals surface area (Å²) in [6.45, 7) is 2.14. The van der Waals surface area contributed by atoms with Crippen molar-refractivity contribution in [1.82, 2.24) is 0 Å². The zero-order chi connectivity index (χ0) is 11.7. The summed E-state index contributed by atoms with van der Waals surface area (Å²) in [4.78, 5) is 0. The summed E-state index contributed by atoms with van der Waals surface area (Å²) in [5.74, 6) is 0.402. The van der Waals surface area contributed by atoms with Gasteiger partial charge in [0.1, 0.15) is 0 Å². The number of para-hydroxylation sites is 1. The maximum Gasteiger partial charge on any atom is 0.0424 e. The molecule has 1 atom stereocenters. The highest BCUT2D eigenvalue weighted by Gasteiger charge is 2.21. The number of nitrogens with one attached hydrogen (secondary N) is 1. The predicted octanol–water partition coefficient (Wildman–Crippen LogP) is 4.05. The second-order valence-electron chi connectivity index (χ2n) is 4.51. The van der Waals surface area contributed by atoms with Crippen molar-refractivity contribution in [3.05, 3.63) is 77.6 Å². The molecule has 0 aliphatic heterocycles. The van der Waals surface area contributed by atoms with E-state index in [2.05, 4.69) is 66.9 Å². The van der Waals surface area contributed by atoms with Crippen LogP contribution < -0.4 is 5.32 Å². The highest BCUT2D eigenvalue weighted by Crippen LogP contribution is 2.33. The number of hydrogen-bond donors (Lipinski definition) is 1. The molecular formula is C16H15N. The minimum absolute atomic E-state index is 0.402. The van der Waals surface area contributed by atoms with Crippen LogP contribution in [0.1, 0.15) is 6.92 Å². The first kappa shape index (κ1) is 10.2. The second kappa shape index (κ2) is 4.10. The molecule has 0 saturated carbocycles. The standard InChI is InChI=1S/C16H15N/c1-12-10-13-6-5-9-15(13)16(11-12)17-14-7-3-2-4-8-14/h2-11,15,17H,1H3. The molecule has 3 rings (SSSR count). The van der Waals surface area contributed by atoms with Crippen LogP contribution in [0.2, 0.25) is 0 Å². The van der Waals surface area contributed by atoms with Crippen molar-refractivity contribution >= 4 is 5.69 Å². The van der Waals surface area contributed by atoms with Crippen LogP contribution in [-0.4, -0.2) is 0 Å². The summed E-state index contributed by atoms with van der Waals surface area (Å²) < 4.78 is 0. The Balaban J connectivity index is 1.90. The molecule has 1 N–H and O–H groups in total. The molecule has 17 heavy (non-hydrogen) atoms. The minimum atomic E-state index is 0.402. The molecule has 0 aromatic heterocycles. The number of benzene rings is 1. The summed E-state index contributed by atoms with van der Waals surface area (Å²) in [5, 5.41) is 3.51. The van der Waals surface area contributed by atoms with Gasteiger partial charge in [0, 0.05) is 17.3 Å². The smallest absolute Gasteiger partial charge is 0.0424 e. The summed E-state index contributed by atoms with van der Waals surface area (Å²) in [5.41, 5.74) is 5.09. The monoisotopic (exact) mass is 221 g/mol. The average Bonchev–Trinajstić information content (AvgIpc) is 2.78. The lowest BCUT2D eigenvalue weighted by Crippen LogP contribution is -2.13. The predicted molar refractivity (Wildman–Crippen MR) is 72.6 cm³/mol. The van der Waals surface area contributed by atoms with Crippen molar-refractivity contribution in [1.29, 1.82) is 0 Å². The molecule has 2 aliphatic rings. The van der Waals surface area contributed by atoms with Crippen molar-refractivity contribution in [2.45, 2.75) is 6.92 Å². The lowest BCUT2D eigenvalue weighted by molar-refractivity contribution is 0.924. The molecule has 84 valence electrons. The van der Waals surface area contributed by atoms with E-state index in [-0.39, 0.29) is 0 Å². The van der Waals surface area contributed by atoms with E-state index in [9.17, 15) is 0 Å². The Morgan fingerprint density at radius 2 is 1.88 bits per heavy atom. The fourth-order valence-electron chi connectivity index (χ4n) is 2.36. The Morgan fingerprint density at radius 3 is 2.71 bits per heavy atom. The molecule has 1 aromatic carbocycles. The molecule has 1 heteroatoms. The third kappa shape index (κ3) is 1.96. The molecule has 1 aromatic rings. The van der Waals surface area contributed by atoms with Crippen LogP contribution in [0.5, 0.6) is 0 Å². The highest BCUT2D eigenvalue weighted by molar-refractivity contribution is 5.57. The Labute approximate surface area is 102 Å². The number of allylic oxidation sites excluding steroid dienone is 6. The number of anilines is 1. The zero-order valence-electron chi connectivity index (χ0n) is 9.85. The fourth-order valence-corrected chi connectivity index (χ4v) is 2.36. The summed E-state index contributed by atoms with van der Waals surface area (Å²) >= 11 is 0. The lowest BCUT2D eigenvalue weighted by Gasteiger charge is -2.22. The van der Waals surface area contributed by atoms with Gasteiger partial charge in [0.2, 0.25) is 0 Å². The van der Waals surface area contributed by atoms with Crippen molar-refractivity contribution in [2.75, 3.05) is 5.32 Å². The quantitative estimate of drug-likeness (QED) is 0.794. The molecular weight excluding hydrogens is 206 g/mol. The van der Waals surface area contributed by atoms with Crippen LogP contribution in [-0.2, 0) is 0 Å². The third-order valence-corrected chi connectivity index (χ3v) is 3.13. The summed E-state index contributed by atoms with van der Waals surface area (Å²) in [6.07, 6.45) is 11.0. The van der Waals surface area contributed by atoms with Gasteiger partial charge in [-0.1, -0.05) is 42.5 Å². The zero-order valence-corrected chi connectivity index (χ0v) is 9.85. The normalized spacial score (nSPS) is 21.5. The van der Waals surface area contributed by atoms with Crippen LogP contribution in [0.25, 0.3) is 0 Å². The maximum atomic E-state index is 3.51. The molecule has 1 unspecified atom stereocenters. The van der Waals surface area contributed by atoms with Gasteiger partial charge >= 0.3 is 0 Å². The second-order valence-corrected chi connectivity index (χ2v) is 4.51. The van der Waals surface area contributed by atoms with Crippen LogP contribution in [0, 0.1) is 5.92 Å². The molecule has 2 aliphatic carbocycles. The highest BCUT2D eigenvalue weighted by atomic mass is 14.9. The minimum Gasteiger partial charge on any atom is -0.358 e. The third-order valence-electron chi connectivity index (χ3n) is 3.13. The van der Waals surface area contributed by atoms with Gasteiger partial charge in [0.05, 0.1) is 0 Å². The molecule has 1 nitrogen and oxygen atoms in total. The van der Waals surface area contributed by atoms with Gasteiger partial charge in [-0.3, -0.25) is 0 Å². The van der Waals surface area contributed by atoms with E-state index in [1.807, 2.05) is 6.07 Å². The van der Waals surface area contributed by atoms with Gasteiger partial charge in [0.15, 0.2) is 0 Å². The van der Waals surface area contributed by atoms with Gasteiger partial charge in [-0.15, -0.1) is 0 Å². The molecule has 0 amide bonds. The summed E-state index contributed by atoms with van der Waals surface area (Å²) in [7, 11) is 0. The van der Waals surface area contributed by atoms with Crippen LogP contribution >= 0.6 is 0 Å². The number of hydrogen-bond acceptors (Lipinski definition) is 1. The van der Waals surface area contributed by atoms with Crippen LogP contribution in [0.3, 0.4) is 0 Å². The van der Waals surface area contributed by atoms with E-state index >= 15 is 0 Å². The molecule has 0 radical (unpaired) electrons. The van der Waals surface area contributed by atoms with Gasteiger partial charge in [0.25, 0.3) is 0 Å². The van der Waals surface area contributed by atoms with Gasteiger partial charge in [-0.25, -0.2) is 0 Å². The largest absolute Gasteiger partial charge is 0.358 e. The number of rotatable bonds is 2. The van der Waals surface area contributed by atoms with Gasteiger partial charge in [-0.2, -0.15) is 0 Å². The van der Waals surface area contributed by atoms with Gasteiger partial charge in [-0.05, 0) is 36.3 Å². The van der Waals surface area contributed by atoms with Gasteiger partial charge < -0.3 is 5.32 Å². The van der Waals surface area contributed by atoms with E-state index < -0.39 is 0 Å². The fraction of sp³-hybridized carbons (Fsp3) is 0.125. The molecule has 0 bridgehead atoms. The first-order valence-corrected chi connectivity index (χ1v) is 5.93. The van der Waals surface area contributed by atoms with Crippen molar-refractivity contribution < 1.29 is 0 Å².